The molecule has 1 aromatic rings. The second-order valence-corrected chi connectivity index (χ2v) is 7.67. The Morgan fingerprint density at radius 3 is 2.38 bits per heavy atom. The van der Waals surface area contributed by atoms with Crippen LogP contribution in [0.3, 0.4) is 0 Å². The van der Waals surface area contributed by atoms with Crippen molar-refractivity contribution in [2.45, 2.75) is 51.2 Å². The molecule has 4 nitrogen and oxygen atoms in total. The highest BCUT2D eigenvalue weighted by Gasteiger charge is 2.48. The first-order chi connectivity index (χ1) is 11.4. The molecular formula is C19H30Cl2FN3O. The average molecular weight is 406 g/mol. The Morgan fingerprint density at radius 1 is 1.23 bits per heavy atom. The number of benzene rings is 1. The highest BCUT2D eigenvalue weighted by Crippen LogP contribution is 2.35. The highest BCUT2D eigenvalue weighted by molar-refractivity contribution is 5.89. The zero-order valence-corrected chi connectivity index (χ0v) is 17.1. The summed E-state index contributed by atoms with van der Waals surface area (Å²) in [6.45, 7) is 7.65. The molecule has 26 heavy (non-hydrogen) atoms. The molecule has 1 aliphatic carbocycles. The van der Waals surface area contributed by atoms with Gasteiger partial charge in [-0.2, -0.15) is 0 Å². The number of nitrogens with two attached hydrogens (primary N) is 1. The second-order valence-electron chi connectivity index (χ2n) is 7.67. The summed E-state index contributed by atoms with van der Waals surface area (Å²) < 4.78 is 13.1. The van der Waals surface area contributed by atoms with Crippen molar-refractivity contribution in [3.8, 4) is 0 Å². The van der Waals surface area contributed by atoms with Crippen molar-refractivity contribution in [1.82, 2.24) is 9.80 Å². The number of carbonyl (C=O) groups excluding carboxylic acids is 1. The zero-order chi connectivity index (χ0) is 17.3. The lowest BCUT2D eigenvalue weighted by Crippen LogP contribution is -2.50. The molecule has 148 valence electrons. The van der Waals surface area contributed by atoms with Crippen molar-refractivity contribution < 1.29 is 9.18 Å². The van der Waals surface area contributed by atoms with Gasteiger partial charge in [0.05, 0.1) is 5.54 Å². The van der Waals surface area contributed by atoms with Crippen LogP contribution in [0, 0.1) is 11.7 Å². The van der Waals surface area contributed by atoms with E-state index in [4.69, 9.17) is 5.73 Å². The molecule has 0 bridgehead atoms. The lowest BCUT2D eigenvalue weighted by atomic mass is 10.0. The normalized spacial score (nSPS) is 22.2. The Bertz CT molecular complexity index is 593. The minimum atomic E-state index is -0.590. The first kappa shape index (κ1) is 23.2. The Morgan fingerprint density at radius 2 is 1.85 bits per heavy atom. The maximum absolute atomic E-state index is 13.1. The van der Waals surface area contributed by atoms with E-state index in [9.17, 15) is 9.18 Å². The Balaban J connectivity index is 0.00000169. The van der Waals surface area contributed by atoms with Gasteiger partial charge in [0.1, 0.15) is 5.82 Å². The predicted octanol–water partition coefficient (Wildman–Crippen LogP) is 3.22. The van der Waals surface area contributed by atoms with E-state index in [1.165, 1.54) is 12.1 Å². The van der Waals surface area contributed by atoms with Gasteiger partial charge >= 0.3 is 0 Å². The number of carbonyl (C=O) groups is 1. The van der Waals surface area contributed by atoms with E-state index >= 15 is 0 Å². The van der Waals surface area contributed by atoms with Gasteiger partial charge in [-0.3, -0.25) is 9.69 Å². The molecule has 1 heterocycles. The maximum atomic E-state index is 13.1. The fourth-order valence-corrected chi connectivity index (χ4v) is 3.56. The van der Waals surface area contributed by atoms with Crippen LogP contribution >= 0.6 is 24.8 Å². The van der Waals surface area contributed by atoms with E-state index in [1.54, 1.807) is 0 Å². The third kappa shape index (κ3) is 5.32. The maximum Gasteiger partial charge on any atom is 0.242 e. The standard InChI is InChI=1S/C19H28FN3O.2ClH/c1-14(2)17-13-23(18(24)19(21)8-9-19)11-3-10-22(17)12-15-4-6-16(20)7-5-15;;/h4-7,14,17H,3,8-13,21H2,1-2H3;2*1H. The Labute approximate surface area is 168 Å². The van der Waals surface area contributed by atoms with Crippen LogP contribution in [-0.2, 0) is 11.3 Å². The van der Waals surface area contributed by atoms with Crippen molar-refractivity contribution in [2.24, 2.45) is 11.7 Å². The van der Waals surface area contributed by atoms with E-state index in [0.717, 1.165) is 51.0 Å². The molecule has 1 saturated carbocycles. The van der Waals surface area contributed by atoms with Gasteiger partial charge in [-0.25, -0.2) is 4.39 Å². The molecule has 0 radical (unpaired) electrons. The number of hydrogen-bond acceptors (Lipinski definition) is 3. The van der Waals surface area contributed by atoms with Crippen LogP contribution in [0.1, 0.15) is 38.7 Å². The summed E-state index contributed by atoms with van der Waals surface area (Å²) in [5, 5.41) is 0. The largest absolute Gasteiger partial charge is 0.339 e. The molecular weight excluding hydrogens is 376 g/mol. The smallest absolute Gasteiger partial charge is 0.242 e. The summed E-state index contributed by atoms with van der Waals surface area (Å²) in [5.74, 6) is 0.355. The highest BCUT2D eigenvalue weighted by atomic mass is 35.5. The van der Waals surface area contributed by atoms with Gasteiger partial charge in [-0.1, -0.05) is 26.0 Å². The van der Waals surface area contributed by atoms with Crippen molar-refractivity contribution >= 4 is 30.7 Å². The first-order valence-electron chi connectivity index (χ1n) is 8.96. The van der Waals surface area contributed by atoms with Gasteiger partial charge in [0.15, 0.2) is 0 Å². The fraction of sp³-hybridized carbons (Fsp3) is 0.632. The molecule has 2 fully saturated rings. The van der Waals surface area contributed by atoms with Crippen molar-refractivity contribution in [3.63, 3.8) is 0 Å². The minimum absolute atomic E-state index is 0. The summed E-state index contributed by atoms with van der Waals surface area (Å²) in [7, 11) is 0. The van der Waals surface area contributed by atoms with Gasteiger partial charge < -0.3 is 10.6 Å². The van der Waals surface area contributed by atoms with Crippen LogP contribution in [0.25, 0.3) is 0 Å². The third-order valence-electron chi connectivity index (χ3n) is 5.32. The van der Waals surface area contributed by atoms with Gasteiger partial charge in [0.25, 0.3) is 0 Å². The van der Waals surface area contributed by atoms with E-state index in [0.29, 0.717) is 12.0 Å². The topological polar surface area (TPSA) is 49.6 Å². The summed E-state index contributed by atoms with van der Waals surface area (Å²) in [6, 6.07) is 7.01. The molecule has 1 amide bonds. The molecule has 2 N–H and O–H groups in total. The average Bonchev–Trinajstić information content (AvgIpc) is 3.32. The van der Waals surface area contributed by atoms with Gasteiger partial charge in [-0.15, -0.1) is 24.8 Å². The van der Waals surface area contributed by atoms with Gasteiger partial charge in [0.2, 0.25) is 5.91 Å². The summed E-state index contributed by atoms with van der Waals surface area (Å²) in [4.78, 5) is 17.1. The molecule has 1 aliphatic heterocycles. The molecule has 1 atom stereocenters. The number of halogens is 3. The number of amides is 1. The number of hydrogen-bond donors (Lipinski definition) is 1. The van der Waals surface area contributed by atoms with E-state index in [2.05, 4.69) is 18.7 Å². The Kier molecular flexibility index (Phi) is 8.33. The predicted molar refractivity (Wildman–Crippen MR) is 107 cm³/mol. The van der Waals surface area contributed by atoms with Gasteiger partial charge in [0, 0.05) is 32.2 Å². The second kappa shape index (κ2) is 9.36. The summed E-state index contributed by atoms with van der Waals surface area (Å²) >= 11 is 0. The van der Waals surface area contributed by atoms with Crippen molar-refractivity contribution in [2.75, 3.05) is 19.6 Å². The van der Waals surface area contributed by atoms with Crippen molar-refractivity contribution in [3.05, 3.63) is 35.6 Å². The van der Waals surface area contributed by atoms with Crippen LogP contribution in [0.2, 0.25) is 0 Å². The lowest BCUT2D eigenvalue weighted by molar-refractivity contribution is -0.134. The third-order valence-corrected chi connectivity index (χ3v) is 5.32. The molecule has 3 rings (SSSR count). The van der Waals surface area contributed by atoms with Crippen LogP contribution < -0.4 is 5.73 Å². The van der Waals surface area contributed by atoms with Gasteiger partial charge in [-0.05, 0) is 42.9 Å². The zero-order valence-electron chi connectivity index (χ0n) is 15.5. The summed E-state index contributed by atoms with van der Waals surface area (Å²) in [6.07, 6.45) is 2.58. The Hall–Kier alpha value is -0.880. The molecule has 0 aromatic heterocycles. The number of nitrogens with zero attached hydrogens (tertiary/aromatic N) is 2. The van der Waals surface area contributed by atoms with E-state index in [1.807, 2.05) is 17.0 Å². The van der Waals surface area contributed by atoms with E-state index in [-0.39, 0.29) is 36.5 Å². The molecule has 1 unspecified atom stereocenters. The van der Waals surface area contributed by atoms with Crippen LogP contribution in [0.15, 0.2) is 24.3 Å². The molecule has 2 aliphatic rings. The SMILES string of the molecule is CC(C)C1CN(C(=O)C2(N)CC2)CCCN1Cc1ccc(F)cc1.Cl.Cl. The van der Waals surface area contributed by atoms with Crippen LogP contribution in [0.5, 0.6) is 0 Å². The minimum Gasteiger partial charge on any atom is -0.339 e. The first-order valence-corrected chi connectivity index (χ1v) is 8.96. The summed E-state index contributed by atoms with van der Waals surface area (Å²) in [5.41, 5.74) is 6.65. The number of rotatable bonds is 4. The molecule has 7 heteroatoms. The van der Waals surface area contributed by atoms with Crippen LogP contribution in [-0.4, -0.2) is 46.9 Å². The lowest BCUT2D eigenvalue weighted by Gasteiger charge is -2.35. The molecule has 1 saturated heterocycles. The monoisotopic (exact) mass is 405 g/mol. The van der Waals surface area contributed by atoms with Crippen molar-refractivity contribution in [1.29, 1.82) is 0 Å². The van der Waals surface area contributed by atoms with Crippen LogP contribution in [0.4, 0.5) is 4.39 Å². The quantitative estimate of drug-likeness (QED) is 0.836. The van der Waals surface area contributed by atoms with E-state index < -0.39 is 5.54 Å². The molecule has 0 spiro atoms. The molecule has 1 aromatic carbocycles. The fourth-order valence-electron chi connectivity index (χ4n) is 3.56.